The molecular weight excluding hydrogens is 270 g/mol. The van der Waals surface area contributed by atoms with Gasteiger partial charge in [0.05, 0.1) is 5.75 Å². The monoisotopic (exact) mass is 295 g/mol. The van der Waals surface area contributed by atoms with Crippen LogP contribution in [0, 0.1) is 0 Å². The molecule has 1 fully saturated rings. The Kier molecular flexibility index (Phi) is 6.94. The Morgan fingerprint density at radius 3 is 2.83 bits per heavy atom. The minimum Gasteiger partial charge on any atom is -0.300 e. The van der Waals surface area contributed by atoms with E-state index in [-0.39, 0.29) is 17.5 Å². The SMILES string of the molecule is CCS(=O)(=O)CCCC(NN)C1CSCCN1C. The van der Waals surface area contributed by atoms with Crippen molar-refractivity contribution in [2.75, 3.05) is 36.6 Å². The van der Waals surface area contributed by atoms with E-state index in [1.807, 2.05) is 11.8 Å². The minimum absolute atomic E-state index is 0.176. The summed E-state index contributed by atoms with van der Waals surface area (Å²) < 4.78 is 22.9. The van der Waals surface area contributed by atoms with Gasteiger partial charge in [-0.25, -0.2) is 8.42 Å². The lowest BCUT2D eigenvalue weighted by molar-refractivity contribution is 0.208. The van der Waals surface area contributed by atoms with Crippen molar-refractivity contribution in [1.82, 2.24) is 10.3 Å². The summed E-state index contributed by atoms with van der Waals surface area (Å²) >= 11 is 1.94. The first-order valence-corrected chi connectivity index (χ1v) is 9.42. The molecule has 3 N–H and O–H groups in total. The lowest BCUT2D eigenvalue weighted by Crippen LogP contribution is -2.54. The molecule has 7 heteroatoms. The predicted molar refractivity (Wildman–Crippen MR) is 78.4 cm³/mol. The standard InChI is InChI=1S/C11H25N3O2S2/c1-3-18(15,16)8-4-5-10(13-12)11-9-17-7-6-14(11)2/h10-11,13H,3-9,12H2,1-2H3. The van der Waals surface area contributed by atoms with Crippen LogP contribution in [0.25, 0.3) is 0 Å². The number of hydrogen-bond acceptors (Lipinski definition) is 6. The Morgan fingerprint density at radius 2 is 2.28 bits per heavy atom. The van der Waals surface area contributed by atoms with E-state index in [0.29, 0.717) is 12.5 Å². The van der Waals surface area contributed by atoms with E-state index < -0.39 is 9.84 Å². The molecule has 2 atom stereocenters. The van der Waals surface area contributed by atoms with E-state index in [9.17, 15) is 8.42 Å². The van der Waals surface area contributed by atoms with Gasteiger partial charge in [0.25, 0.3) is 0 Å². The summed E-state index contributed by atoms with van der Waals surface area (Å²) in [6.45, 7) is 2.76. The van der Waals surface area contributed by atoms with Crippen LogP contribution in [0.2, 0.25) is 0 Å². The third kappa shape index (κ3) is 5.05. The molecule has 5 nitrogen and oxygen atoms in total. The van der Waals surface area contributed by atoms with Crippen molar-refractivity contribution >= 4 is 21.6 Å². The first-order valence-electron chi connectivity index (χ1n) is 6.44. The van der Waals surface area contributed by atoms with E-state index in [2.05, 4.69) is 17.4 Å². The zero-order valence-electron chi connectivity index (χ0n) is 11.3. The third-order valence-electron chi connectivity index (χ3n) is 3.53. The summed E-state index contributed by atoms with van der Waals surface area (Å²) in [5, 5.41) is 0. The van der Waals surface area contributed by atoms with Gasteiger partial charge in [0.1, 0.15) is 9.84 Å². The molecule has 0 amide bonds. The van der Waals surface area contributed by atoms with Crippen molar-refractivity contribution in [2.45, 2.75) is 31.8 Å². The van der Waals surface area contributed by atoms with Crippen LogP contribution in [0.4, 0.5) is 0 Å². The molecule has 1 rings (SSSR count). The molecule has 108 valence electrons. The Bertz CT molecular complexity index is 335. The lowest BCUT2D eigenvalue weighted by Gasteiger charge is -2.37. The van der Waals surface area contributed by atoms with Gasteiger partial charge in [0, 0.05) is 35.9 Å². The molecule has 18 heavy (non-hydrogen) atoms. The fourth-order valence-electron chi connectivity index (χ4n) is 2.18. The molecule has 0 aromatic carbocycles. The van der Waals surface area contributed by atoms with Crippen molar-refractivity contribution in [2.24, 2.45) is 5.84 Å². The highest BCUT2D eigenvalue weighted by Crippen LogP contribution is 2.19. The largest absolute Gasteiger partial charge is 0.300 e. The first kappa shape index (κ1) is 16.2. The smallest absolute Gasteiger partial charge is 0.150 e. The van der Waals surface area contributed by atoms with Gasteiger partial charge in [-0.05, 0) is 19.9 Å². The molecule has 1 heterocycles. The highest BCUT2D eigenvalue weighted by molar-refractivity contribution is 7.99. The summed E-state index contributed by atoms with van der Waals surface area (Å²) in [5.41, 5.74) is 2.86. The van der Waals surface area contributed by atoms with Crippen LogP contribution >= 0.6 is 11.8 Å². The van der Waals surface area contributed by atoms with Crippen molar-refractivity contribution in [3.05, 3.63) is 0 Å². The number of hydrogen-bond donors (Lipinski definition) is 2. The second-order valence-corrected chi connectivity index (χ2v) is 8.40. The van der Waals surface area contributed by atoms with Gasteiger partial charge in [-0.3, -0.25) is 11.3 Å². The van der Waals surface area contributed by atoms with Gasteiger partial charge in [-0.2, -0.15) is 11.8 Å². The quantitative estimate of drug-likeness (QED) is 0.512. The molecule has 2 unspecified atom stereocenters. The van der Waals surface area contributed by atoms with Gasteiger partial charge in [-0.1, -0.05) is 6.92 Å². The highest BCUT2D eigenvalue weighted by atomic mass is 32.2. The van der Waals surface area contributed by atoms with E-state index in [4.69, 9.17) is 5.84 Å². The predicted octanol–water partition coefficient (Wildman–Crippen LogP) is 0.0804. The molecule has 0 saturated carbocycles. The van der Waals surface area contributed by atoms with Crippen LogP contribution in [0.3, 0.4) is 0 Å². The summed E-state index contributed by atoms with van der Waals surface area (Å²) in [6.07, 6.45) is 1.49. The van der Waals surface area contributed by atoms with Crippen molar-refractivity contribution in [3.8, 4) is 0 Å². The second kappa shape index (κ2) is 7.69. The maximum absolute atomic E-state index is 11.4. The number of rotatable bonds is 7. The maximum atomic E-state index is 11.4. The normalized spacial score (nSPS) is 24.1. The van der Waals surface area contributed by atoms with Crippen molar-refractivity contribution in [1.29, 1.82) is 0 Å². The van der Waals surface area contributed by atoms with Crippen LogP contribution in [-0.4, -0.2) is 62.0 Å². The molecule has 0 aromatic heterocycles. The van der Waals surface area contributed by atoms with Crippen LogP contribution in [0.15, 0.2) is 0 Å². The van der Waals surface area contributed by atoms with Gasteiger partial charge in [-0.15, -0.1) is 0 Å². The molecule has 1 saturated heterocycles. The topological polar surface area (TPSA) is 75.4 Å². The Morgan fingerprint density at radius 1 is 1.56 bits per heavy atom. The minimum atomic E-state index is -2.86. The average molecular weight is 295 g/mol. The van der Waals surface area contributed by atoms with Crippen LogP contribution < -0.4 is 11.3 Å². The number of nitrogens with one attached hydrogen (secondary N) is 1. The van der Waals surface area contributed by atoms with Gasteiger partial charge < -0.3 is 4.90 Å². The number of thioether (sulfide) groups is 1. The van der Waals surface area contributed by atoms with Gasteiger partial charge in [0.2, 0.25) is 0 Å². The fourth-order valence-corrected chi connectivity index (χ4v) is 4.39. The third-order valence-corrected chi connectivity index (χ3v) is 6.37. The van der Waals surface area contributed by atoms with Gasteiger partial charge in [0.15, 0.2) is 0 Å². The van der Waals surface area contributed by atoms with E-state index >= 15 is 0 Å². The fraction of sp³-hybridized carbons (Fsp3) is 1.00. The zero-order chi connectivity index (χ0) is 13.6. The summed E-state index contributed by atoms with van der Waals surface area (Å²) in [4.78, 5) is 2.31. The Balaban J connectivity index is 2.42. The number of sulfone groups is 1. The van der Waals surface area contributed by atoms with Crippen LogP contribution in [0.5, 0.6) is 0 Å². The van der Waals surface area contributed by atoms with Gasteiger partial charge >= 0.3 is 0 Å². The second-order valence-electron chi connectivity index (χ2n) is 4.77. The van der Waals surface area contributed by atoms with Crippen LogP contribution in [0.1, 0.15) is 19.8 Å². The number of nitrogens with zero attached hydrogens (tertiary/aromatic N) is 1. The summed E-state index contributed by atoms with van der Waals surface area (Å²) in [6, 6.07) is 0.577. The number of hydrazine groups is 1. The molecule has 0 spiro atoms. The lowest BCUT2D eigenvalue weighted by atomic mass is 10.0. The first-order chi connectivity index (χ1) is 8.50. The Labute approximate surface area is 115 Å². The molecular formula is C11H25N3O2S2. The van der Waals surface area contributed by atoms with E-state index in [0.717, 1.165) is 24.5 Å². The van der Waals surface area contributed by atoms with E-state index in [1.165, 1.54) is 0 Å². The maximum Gasteiger partial charge on any atom is 0.150 e. The van der Waals surface area contributed by atoms with Crippen molar-refractivity contribution < 1.29 is 8.42 Å². The van der Waals surface area contributed by atoms with Crippen LogP contribution in [-0.2, 0) is 9.84 Å². The molecule has 0 aromatic rings. The molecule has 1 aliphatic rings. The number of likely N-dealkylation sites (N-methyl/N-ethyl adjacent to an activating group) is 1. The molecule has 0 aliphatic carbocycles. The Hall–Kier alpha value is 0.180. The number of nitrogens with two attached hydrogens (primary N) is 1. The molecule has 1 aliphatic heterocycles. The summed E-state index contributed by atoms with van der Waals surface area (Å²) in [5.74, 6) is 8.33. The zero-order valence-corrected chi connectivity index (χ0v) is 12.9. The highest BCUT2D eigenvalue weighted by Gasteiger charge is 2.27. The van der Waals surface area contributed by atoms with Crippen molar-refractivity contribution in [3.63, 3.8) is 0 Å². The molecule has 0 radical (unpaired) electrons. The molecule has 0 bridgehead atoms. The van der Waals surface area contributed by atoms with E-state index in [1.54, 1.807) is 6.92 Å². The average Bonchev–Trinajstić information content (AvgIpc) is 2.36. The summed E-state index contributed by atoms with van der Waals surface area (Å²) in [7, 11) is -0.746.